The summed E-state index contributed by atoms with van der Waals surface area (Å²) in [6, 6.07) is 2.09. The van der Waals surface area contributed by atoms with E-state index in [1.54, 1.807) is 13.8 Å². The Bertz CT molecular complexity index is 658. The lowest BCUT2D eigenvalue weighted by atomic mass is 10.1. The Morgan fingerprint density at radius 1 is 1.33 bits per heavy atom. The van der Waals surface area contributed by atoms with E-state index in [1.807, 2.05) is 0 Å². The minimum Gasteiger partial charge on any atom is -0.496 e. The SMILES string of the molecule is COC(=O)c1cc([N+](=O)[O-])c(NC(=O)OC(C)(C)CN)cc1OC. The predicted molar refractivity (Wildman–Crippen MR) is 84.2 cm³/mol. The van der Waals surface area contributed by atoms with Crippen molar-refractivity contribution in [3.8, 4) is 5.75 Å². The predicted octanol–water partition coefficient (Wildman–Crippen LogP) is 1.68. The Morgan fingerprint density at radius 3 is 2.42 bits per heavy atom. The van der Waals surface area contributed by atoms with Gasteiger partial charge in [-0.3, -0.25) is 15.4 Å². The van der Waals surface area contributed by atoms with Crippen LogP contribution in [-0.4, -0.2) is 43.4 Å². The molecule has 0 aromatic heterocycles. The van der Waals surface area contributed by atoms with Gasteiger partial charge in [-0.1, -0.05) is 0 Å². The van der Waals surface area contributed by atoms with Crippen LogP contribution >= 0.6 is 0 Å². The van der Waals surface area contributed by atoms with Crippen LogP contribution in [0.5, 0.6) is 5.75 Å². The number of anilines is 1. The fraction of sp³-hybridized carbons (Fsp3) is 0.429. The second kappa shape index (κ2) is 7.59. The molecule has 0 saturated heterocycles. The molecule has 1 aromatic rings. The van der Waals surface area contributed by atoms with Crippen molar-refractivity contribution in [2.75, 3.05) is 26.1 Å². The summed E-state index contributed by atoms with van der Waals surface area (Å²) in [7, 11) is 2.40. The second-order valence-corrected chi connectivity index (χ2v) is 5.30. The smallest absolute Gasteiger partial charge is 0.412 e. The molecule has 0 fully saturated rings. The minimum atomic E-state index is -0.949. The van der Waals surface area contributed by atoms with E-state index >= 15 is 0 Å². The van der Waals surface area contributed by atoms with Gasteiger partial charge in [0.25, 0.3) is 5.69 Å². The molecule has 0 unspecified atom stereocenters. The summed E-state index contributed by atoms with van der Waals surface area (Å²) in [6.07, 6.45) is -0.929. The summed E-state index contributed by atoms with van der Waals surface area (Å²) >= 11 is 0. The van der Waals surface area contributed by atoms with Crippen LogP contribution in [0.15, 0.2) is 12.1 Å². The first kappa shape index (κ1) is 19.2. The highest BCUT2D eigenvalue weighted by atomic mass is 16.6. The highest BCUT2D eigenvalue weighted by molar-refractivity contribution is 5.96. The van der Waals surface area contributed by atoms with Crippen LogP contribution in [0, 0.1) is 10.1 Å². The Labute approximate surface area is 138 Å². The van der Waals surface area contributed by atoms with E-state index in [4.69, 9.17) is 15.2 Å². The number of esters is 1. The molecule has 0 bridgehead atoms. The fourth-order valence-corrected chi connectivity index (χ4v) is 1.69. The van der Waals surface area contributed by atoms with Crippen LogP contribution in [0.3, 0.4) is 0 Å². The van der Waals surface area contributed by atoms with Crippen molar-refractivity contribution in [2.45, 2.75) is 19.4 Å². The third-order valence-electron chi connectivity index (χ3n) is 3.02. The van der Waals surface area contributed by atoms with E-state index in [1.165, 1.54) is 7.11 Å². The number of hydrogen-bond donors (Lipinski definition) is 2. The van der Waals surface area contributed by atoms with E-state index in [2.05, 4.69) is 10.1 Å². The summed E-state index contributed by atoms with van der Waals surface area (Å²) in [6.45, 7) is 3.23. The van der Waals surface area contributed by atoms with Gasteiger partial charge < -0.3 is 19.9 Å². The third kappa shape index (κ3) is 4.56. The molecule has 1 rings (SSSR count). The van der Waals surface area contributed by atoms with Crippen molar-refractivity contribution in [3.63, 3.8) is 0 Å². The molecule has 0 aliphatic carbocycles. The molecule has 24 heavy (non-hydrogen) atoms. The number of nitrogens with zero attached hydrogens (tertiary/aromatic N) is 1. The zero-order valence-electron chi connectivity index (χ0n) is 13.7. The number of carbonyl (C=O) groups excluding carboxylic acids is 2. The van der Waals surface area contributed by atoms with Gasteiger partial charge in [-0.2, -0.15) is 0 Å². The van der Waals surface area contributed by atoms with Crippen molar-refractivity contribution < 1.29 is 28.7 Å². The van der Waals surface area contributed by atoms with Gasteiger partial charge in [-0.05, 0) is 13.8 Å². The molecular formula is C14H19N3O7. The first-order valence-corrected chi connectivity index (χ1v) is 6.80. The number of nitrogens with two attached hydrogens (primary N) is 1. The molecule has 0 atom stereocenters. The molecule has 132 valence electrons. The second-order valence-electron chi connectivity index (χ2n) is 5.30. The van der Waals surface area contributed by atoms with E-state index < -0.39 is 28.3 Å². The van der Waals surface area contributed by atoms with Crippen LogP contribution < -0.4 is 15.8 Å². The Kier molecular flexibility index (Phi) is 6.07. The largest absolute Gasteiger partial charge is 0.496 e. The summed E-state index contributed by atoms with van der Waals surface area (Å²) in [5.41, 5.74) is 3.65. The van der Waals surface area contributed by atoms with Gasteiger partial charge >= 0.3 is 12.1 Å². The maximum Gasteiger partial charge on any atom is 0.412 e. The maximum absolute atomic E-state index is 11.9. The number of carbonyl (C=O) groups is 2. The summed E-state index contributed by atoms with van der Waals surface area (Å²) in [5.74, 6) is -0.811. The standard InChI is InChI=1S/C14H19N3O7/c1-14(2,7-15)24-13(19)16-9-6-11(22-3)8(12(18)23-4)5-10(9)17(20)21/h5-6H,7,15H2,1-4H3,(H,16,19). The monoisotopic (exact) mass is 341 g/mol. The van der Waals surface area contributed by atoms with Crippen LogP contribution in [0.2, 0.25) is 0 Å². The Balaban J connectivity index is 3.25. The lowest BCUT2D eigenvalue weighted by Crippen LogP contribution is -2.37. The van der Waals surface area contributed by atoms with Gasteiger partial charge in [-0.25, -0.2) is 9.59 Å². The normalized spacial score (nSPS) is 10.7. The van der Waals surface area contributed by atoms with Gasteiger partial charge in [0.1, 0.15) is 22.6 Å². The van der Waals surface area contributed by atoms with Crippen molar-refractivity contribution in [1.82, 2.24) is 0 Å². The van der Waals surface area contributed by atoms with E-state index in [0.717, 1.165) is 19.2 Å². The van der Waals surface area contributed by atoms with Crippen LogP contribution in [0.1, 0.15) is 24.2 Å². The molecule has 0 spiro atoms. The first-order valence-electron chi connectivity index (χ1n) is 6.80. The molecule has 1 amide bonds. The van der Waals surface area contributed by atoms with Gasteiger partial charge in [0.05, 0.1) is 19.1 Å². The number of nitrogens with one attached hydrogen (secondary N) is 1. The minimum absolute atomic E-state index is 0.000773. The molecule has 0 heterocycles. The lowest BCUT2D eigenvalue weighted by molar-refractivity contribution is -0.384. The number of ether oxygens (including phenoxy) is 3. The average molecular weight is 341 g/mol. The summed E-state index contributed by atoms with van der Waals surface area (Å²) < 4.78 is 14.6. The number of nitro benzene ring substituents is 1. The lowest BCUT2D eigenvalue weighted by Gasteiger charge is -2.23. The molecule has 0 saturated carbocycles. The van der Waals surface area contributed by atoms with Crippen LogP contribution in [0.25, 0.3) is 0 Å². The molecule has 10 nitrogen and oxygen atoms in total. The topological polar surface area (TPSA) is 143 Å². The number of amides is 1. The van der Waals surface area contributed by atoms with Gasteiger partial charge in [0.15, 0.2) is 0 Å². The Morgan fingerprint density at radius 2 is 1.96 bits per heavy atom. The fourth-order valence-electron chi connectivity index (χ4n) is 1.69. The van der Waals surface area contributed by atoms with Crippen LogP contribution in [-0.2, 0) is 9.47 Å². The maximum atomic E-state index is 11.9. The van der Waals surface area contributed by atoms with Crippen LogP contribution in [0.4, 0.5) is 16.2 Å². The average Bonchev–Trinajstić information content (AvgIpc) is 2.52. The first-order chi connectivity index (χ1) is 11.1. The highest BCUT2D eigenvalue weighted by Crippen LogP contribution is 2.33. The van der Waals surface area contributed by atoms with E-state index in [-0.39, 0.29) is 23.5 Å². The van der Waals surface area contributed by atoms with Crippen molar-refractivity contribution in [3.05, 3.63) is 27.8 Å². The molecule has 0 aliphatic heterocycles. The summed E-state index contributed by atoms with van der Waals surface area (Å²) in [4.78, 5) is 34.0. The Hall–Kier alpha value is -2.88. The van der Waals surface area contributed by atoms with Crippen molar-refractivity contribution >= 4 is 23.4 Å². The number of hydrogen-bond acceptors (Lipinski definition) is 8. The highest BCUT2D eigenvalue weighted by Gasteiger charge is 2.26. The quantitative estimate of drug-likeness (QED) is 0.452. The number of benzene rings is 1. The molecule has 10 heteroatoms. The molecule has 1 aromatic carbocycles. The number of nitro groups is 1. The van der Waals surface area contributed by atoms with Gasteiger partial charge in [0.2, 0.25) is 0 Å². The molecule has 0 aliphatic rings. The molecule has 0 radical (unpaired) electrons. The van der Waals surface area contributed by atoms with Crippen molar-refractivity contribution in [2.24, 2.45) is 5.73 Å². The van der Waals surface area contributed by atoms with Gasteiger partial charge in [-0.15, -0.1) is 0 Å². The van der Waals surface area contributed by atoms with Crippen molar-refractivity contribution in [1.29, 1.82) is 0 Å². The zero-order chi connectivity index (χ0) is 18.5. The van der Waals surface area contributed by atoms with E-state index in [0.29, 0.717) is 0 Å². The van der Waals surface area contributed by atoms with E-state index in [9.17, 15) is 19.7 Å². The third-order valence-corrected chi connectivity index (χ3v) is 3.02. The zero-order valence-corrected chi connectivity index (χ0v) is 13.7. The van der Waals surface area contributed by atoms with Gasteiger partial charge in [0, 0.05) is 18.7 Å². The summed E-state index contributed by atoms with van der Waals surface area (Å²) in [5, 5.41) is 13.5. The molecule has 3 N–H and O–H groups in total. The number of methoxy groups -OCH3 is 2. The molecular weight excluding hydrogens is 322 g/mol. The number of rotatable bonds is 6.